The Kier molecular flexibility index (Phi) is 6.52. The number of aromatic hydroxyl groups is 1. The Labute approximate surface area is 180 Å². The summed E-state index contributed by atoms with van der Waals surface area (Å²) in [6, 6.07) is 4.87. The molecule has 1 aliphatic rings. The Hall–Kier alpha value is -3.82. The first-order valence-electron chi connectivity index (χ1n) is 9.44. The number of allylic oxidation sites excluding steroid dienone is 4. The van der Waals surface area contributed by atoms with Crippen molar-refractivity contribution in [1.82, 2.24) is 0 Å². The predicted molar refractivity (Wildman–Crippen MR) is 109 cm³/mol. The van der Waals surface area contributed by atoms with E-state index in [4.69, 9.17) is 4.74 Å². The van der Waals surface area contributed by atoms with E-state index in [0.29, 0.717) is 29.9 Å². The number of halogens is 4. The van der Waals surface area contributed by atoms with Crippen LogP contribution in [-0.2, 0) is 15.7 Å². The number of anilines is 2. The number of rotatable bonds is 5. The molecular weight excluding hydrogens is 432 g/mol. The molecule has 0 unspecified atom stereocenters. The van der Waals surface area contributed by atoms with Crippen LogP contribution in [0.15, 0.2) is 54.3 Å². The van der Waals surface area contributed by atoms with Crippen molar-refractivity contribution in [2.45, 2.75) is 19.5 Å². The maximum absolute atomic E-state index is 14.5. The van der Waals surface area contributed by atoms with Crippen LogP contribution >= 0.6 is 0 Å². The number of Topliss-reactive ketones (excluding diaryl/α,β-unsaturated/α-hetero) is 1. The molecular formula is C22H18F4N2O4. The monoisotopic (exact) mass is 450 g/mol. The molecule has 0 atom stereocenters. The van der Waals surface area contributed by atoms with E-state index in [0.717, 1.165) is 12.1 Å². The van der Waals surface area contributed by atoms with Gasteiger partial charge in [0.05, 0.1) is 23.5 Å². The first kappa shape index (κ1) is 22.9. The Bertz CT molecular complexity index is 1120. The molecule has 2 aromatic carbocycles. The second-order valence-electron chi connectivity index (χ2n) is 6.73. The fourth-order valence-electron chi connectivity index (χ4n) is 2.95. The summed E-state index contributed by atoms with van der Waals surface area (Å²) in [4.78, 5) is 23.9. The molecule has 0 aromatic heterocycles. The minimum atomic E-state index is -4.67. The zero-order valence-electron chi connectivity index (χ0n) is 16.7. The number of phenolic OH excluding ortho intramolecular Hbond substituents is 1. The topological polar surface area (TPSA) is 87.7 Å². The summed E-state index contributed by atoms with van der Waals surface area (Å²) in [5.41, 5.74) is -0.787. The van der Waals surface area contributed by atoms with E-state index in [1.165, 1.54) is 18.2 Å². The molecule has 0 radical (unpaired) electrons. The highest BCUT2D eigenvalue weighted by Gasteiger charge is 2.31. The van der Waals surface area contributed by atoms with Crippen LogP contribution in [0, 0.1) is 5.82 Å². The Morgan fingerprint density at radius 3 is 2.50 bits per heavy atom. The number of carbonyl (C=O) groups excluding carboxylic acids is 2. The summed E-state index contributed by atoms with van der Waals surface area (Å²) in [6.07, 6.45) is -1.45. The molecule has 0 aliphatic heterocycles. The van der Waals surface area contributed by atoms with Gasteiger partial charge in [0, 0.05) is 6.42 Å². The maximum Gasteiger partial charge on any atom is 0.416 e. The number of ketones is 1. The lowest BCUT2D eigenvalue weighted by atomic mass is 9.97. The average molecular weight is 450 g/mol. The number of nitrogens with one attached hydrogen (secondary N) is 2. The van der Waals surface area contributed by atoms with E-state index >= 15 is 0 Å². The summed E-state index contributed by atoms with van der Waals surface area (Å²) < 4.78 is 58.3. The number of hydrogen-bond donors (Lipinski definition) is 3. The molecule has 32 heavy (non-hydrogen) atoms. The average Bonchev–Trinajstić information content (AvgIpc) is 2.72. The van der Waals surface area contributed by atoms with Crippen molar-refractivity contribution >= 4 is 28.8 Å². The first-order chi connectivity index (χ1) is 15.1. The standard InChI is InChI=1S/C22H18F4N2O4/c1-2-32-20-10-13(4-7-19(20)30)12-3-6-16(15(23)9-12)27-21(31)28-17-11-14(22(24,25)26)5-8-18(17)29/h3-6,8-11,29H,2,7H2,1H3,(H2,27,28,31). The van der Waals surface area contributed by atoms with Gasteiger partial charge in [-0.15, -0.1) is 0 Å². The Balaban J connectivity index is 1.74. The number of urea groups is 1. The molecule has 0 spiro atoms. The fourth-order valence-corrected chi connectivity index (χ4v) is 2.95. The highest BCUT2D eigenvalue weighted by atomic mass is 19.4. The molecule has 2 aromatic rings. The van der Waals surface area contributed by atoms with Crippen molar-refractivity contribution in [3.05, 3.63) is 71.3 Å². The van der Waals surface area contributed by atoms with Crippen molar-refractivity contribution in [3.63, 3.8) is 0 Å². The van der Waals surface area contributed by atoms with Crippen LogP contribution in [0.1, 0.15) is 24.5 Å². The molecule has 3 rings (SSSR count). The fraction of sp³-hybridized carbons (Fsp3) is 0.182. The van der Waals surface area contributed by atoms with Crippen LogP contribution < -0.4 is 10.6 Å². The van der Waals surface area contributed by atoms with Crippen LogP contribution in [0.3, 0.4) is 0 Å². The van der Waals surface area contributed by atoms with E-state index < -0.39 is 35.0 Å². The van der Waals surface area contributed by atoms with E-state index in [2.05, 4.69) is 10.6 Å². The predicted octanol–water partition coefficient (Wildman–Crippen LogP) is 5.47. The summed E-state index contributed by atoms with van der Waals surface area (Å²) >= 11 is 0. The minimum Gasteiger partial charge on any atom is -0.506 e. The number of carbonyl (C=O) groups is 2. The van der Waals surface area contributed by atoms with Crippen molar-refractivity contribution in [2.24, 2.45) is 0 Å². The normalized spacial score (nSPS) is 13.8. The third-order valence-corrected chi connectivity index (χ3v) is 4.49. The van der Waals surface area contributed by atoms with Gasteiger partial charge in [-0.25, -0.2) is 9.18 Å². The molecule has 6 nitrogen and oxygen atoms in total. The molecule has 1 aliphatic carbocycles. The number of phenols is 1. The lowest BCUT2D eigenvalue weighted by molar-refractivity contribution is -0.137. The van der Waals surface area contributed by atoms with E-state index in [1.807, 2.05) is 0 Å². The van der Waals surface area contributed by atoms with Gasteiger partial charge >= 0.3 is 12.2 Å². The summed E-state index contributed by atoms with van der Waals surface area (Å²) in [6.45, 7) is 2.04. The summed E-state index contributed by atoms with van der Waals surface area (Å²) in [5.74, 6) is -1.41. The Morgan fingerprint density at radius 2 is 1.84 bits per heavy atom. The number of ether oxygens (including phenoxy) is 1. The summed E-state index contributed by atoms with van der Waals surface area (Å²) in [5, 5.41) is 13.9. The zero-order chi connectivity index (χ0) is 23.5. The van der Waals surface area contributed by atoms with E-state index in [9.17, 15) is 32.3 Å². The largest absolute Gasteiger partial charge is 0.506 e. The van der Waals surface area contributed by atoms with Gasteiger partial charge in [0.25, 0.3) is 0 Å². The van der Waals surface area contributed by atoms with Crippen molar-refractivity contribution in [1.29, 1.82) is 0 Å². The third-order valence-electron chi connectivity index (χ3n) is 4.49. The molecule has 3 N–H and O–H groups in total. The van der Waals surface area contributed by atoms with Gasteiger partial charge in [-0.3, -0.25) is 4.79 Å². The second kappa shape index (κ2) is 9.13. The molecule has 2 amide bonds. The van der Waals surface area contributed by atoms with E-state index in [-0.39, 0.29) is 23.7 Å². The van der Waals surface area contributed by atoms with Crippen molar-refractivity contribution < 1.29 is 37.0 Å². The van der Waals surface area contributed by atoms with Gasteiger partial charge in [-0.1, -0.05) is 12.1 Å². The number of alkyl halides is 3. The van der Waals surface area contributed by atoms with E-state index in [1.54, 1.807) is 13.0 Å². The lowest BCUT2D eigenvalue weighted by Crippen LogP contribution is -2.20. The molecule has 10 heteroatoms. The smallest absolute Gasteiger partial charge is 0.416 e. The highest BCUT2D eigenvalue weighted by Crippen LogP contribution is 2.34. The number of hydrogen-bond acceptors (Lipinski definition) is 4. The van der Waals surface area contributed by atoms with Crippen molar-refractivity contribution in [2.75, 3.05) is 17.2 Å². The molecule has 0 saturated carbocycles. The molecule has 0 fully saturated rings. The zero-order valence-corrected chi connectivity index (χ0v) is 16.7. The maximum atomic E-state index is 14.5. The Morgan fingerprint density at radius 1 is 1.12 bits per heavy atom. The number of amides is 2. The van der Waals surface area contributed by atoms with Crippen LogP contribution in [0.2, 0.25) is 0 Å². The van der Waals surface area contributed by atoms with Crippen LogP contribution in [0.25, 0.3) is 5.57 Å². The van der Waals surface area contributed by atoms with Crippen LogP contribution in [-0.4, -0.2) is 23.5 Å². The molecule has 0 saturated heterocycles. The number of benzene rings is 2. The van der Waals surface area contributed by atoms with Gasteiger partial charge < -0.3 is 20.5 Å². The summed E-state index contributed by atoms with van der Waals surface area (Å²) in [7, 11) is 0. The van der Waals surface area contributed by atoms with Crippen LogP contribution in [0.5, 0.6) is 5.75 Å². The minimum absolute atomic E-state index is 0.103. The molecule has 0 bridgehead atoms. The van der Waals surface area contributed by atoms with Gasteiger partial charge in [0.1, 0.15) is 11.6 Å². The lowest BCUT2D eigenvalue weighted by Gasteiger charge is -2.15. The third kappa shape index (κ3) is 5.26. The SMILES string of the molecule is CCOC1=CC(c2ccc(NC(=O)Nc3cc(C(F)(F)F)ccc3O)c(F)c2)=CCC1=O. The second-order valence-corrected chi connectivity index (χ2v) is 6.73. The quantitative estimate of drug-likeness (QED) is 0.416. The first-order valence-corrected chi connectivity index (χ1v) is 9.44. The van der Waals surface area contributed by atoms with Gasteiger partial charge in [-0.2, -0.15) is 13.2 Å². The molecule has 168 valence electrons. The van der Waals surface area contributed by atoms with Crippen LogP contribution in [0.4, 0.5) is 33.7 Å². The van der Waals surface area contributed by atoms with Gasteiger partial charge in [-0.05, 0) is 54.5 Å². The van der Waals surface area contributed by atoms with Gasteiger partial charge in [0.15, 0.2) is 5.76 Å². The highest BCUT2D eigenvalue weighted by molar-refractivity contribution is 6.02. The molecule has 0 heterocycles. The van der Waals surface area contributed by atoms with Crippen molar-refractivity contribution in [3.8, 4) is 5.75 Å². The van der Waals surface area contributed by atoms with Gasteiger partial charge in [0.2, 0.25) is 5.78 Å².